The number of nitrogens with one attached hydrogen (secondary N) is 1. The maximum absolute atomic E-state index is 12.8. The second-order valence-corrected chi connectivity index (χ2v) is 6.94. The Kier molecular flexibility index (Phi) is 4.26. The monoisotopic (exact) mass is 366 g/mol. The van der Waals surface area contributed by atoms with Crippen LogP contribution in [-0.2, 0) is 11.2 Å². The van der Waals surface area contributed by atoms with E-state index >= 15 is 0 Å². The first-order valence-corrected chi connectivity index (χ1v) is 9.04. The number of amides is 2. The summed E-state index contributed by atoms with van der Waals surface area (Å²) in [4.78, 5) is 27.1. The summed E-state index contributed by atoms with van der Waals surface area (Å²) in [6.45, 7) is 2.70. The molecule has 1 N–H and O–H groups in total. The molecule has 0 saturated carbocycles. The zero-order valence-corrected chi connectivity index (χ0v) is 15.7. The van der Waals surface area contributed by atoms with E-state index in [0.717, 1.165) is 36.2 Å². The van der Waals surface area contributed by atoms with Crippen molar-refractivity contribution in [3.05, 3.63) is 47.0 Å². The number of ether oxygens (including phenoxy) is 2. The summed E-state index contributed by atoms with van der Waals surface area (Å²) in [7, 11) is 3.09. The van der Waals surface area contributed by atoms with E-state index in [0.29, 0.717) is 22.7 Å². The molecule has 2 aliphatic rings. The minimum Gasteiger partial charge on any atom is -0.497 e. The predicted molar refractivity (Wildman–Crippen MR) is 103 cm³/mol. The average molecular weight is 366 g/mol. The normalized spacial score (nSPS) is 17.5. The molecule has 1 atom stereocenters. The standard InChI is InChI=1S/C21H22N2O4/c1-12-18-10-15(7-13-5-4-6-23(19(13)18)21(12)25)22-20(24)14-8-16(26-2)11-17(9-14)27-3/h7-12H,4-6H2,1-3H3,(H,22,24). The quantitative estimate of drug-likeness (QED) is 0.901. The number of carbonyl (C=O) groups is 2. The number of benzene rings is 2. The van der Waals surface area contributed by atoms with Crippen LogP contribution in [0.2, 0.25) is 0 Å². The highest BCUT2D eigenvalue weighted by Crippen LogP contribution is 2.44. The molecule has 0 aromatic heterocycles. The highest BCUT2D eigenvalue weighted by atomic mass is 16.5. The zero-order chi connectivity index (χ0) is 19.1. The lowest BCUT2D eigenvalue weighted by atomic mass is 9.96. The topological polar surface area (TPSA) is 67.9 Å². The number of hydrogen-bond acceptors (Lipinski definition) is 4. The highest BCUT2D eigenvalue weighted by Gasteiger charge is 2.37. The summed E-state index contributed by atoms with van der Waals surface area (Å²) < 4.78 is 10.5. The van der Waals surface area contributed by atoms with E-state index in [1.807, 2.05) is 24.0 Å². The Labute approximate surface area is 158 Å². The minimum absolute atomic E-state index is 0.145. The fraction of sp³-hybridized carbons (Fsp3) is 0.333. The fourth-order valence-corrected chi connectivity index (χ4v) is 3.91. The summed E-state index contributed by atoms with van der Waals surface area (Å²) >= 11 is 0. The molecule has 2 aromatic rings. The van der Waals surface area contributed by atoms with Crippen molar-refractivity contribution in [3.63, 3.8) is 0 Å². The van der Waals surface area contributed by atoms with Crippen LogP contribution in [0.15, 0.2) is 30.3 Å². The van der Waals surface area contributed by atoms with Crippen LogP contribution in [0.25, 0.3) is 0 Å². The molecule has 0 spiro atoms. The molecule has 2 amide bonds. The van der Waals surface area contributed by atoms with Gasteiger partial charge in [0.1, 0.15) is 11.5 Å². The maximum atomic E-state index is 12.8. The number of methoxy groups -OCH3 is 2. The molecule has 2 aromatic carbocycles. The Bertz CT molecular complexity index is 916. The first kappa shape index (κ1) is 17.4. The van der Waals surface area contributed by atoms with Gasteiger partial charge in [0.2, 0.25) is 5.91 Å². The van der Waals surface area contributed by atoms with Gasteiger partial charge in [-0.05, 0) is 55.2 Å². The molecule has 6 heteroatoms. The lowest BCUT2D eigenvalue weighted by Crippen LogP contribution is -2.32. The average Bonchev–Trinajstić information content (AvgIpc) is 2.94. The van der Waals surface area contributed by atoms with Crippen LogP contribution in [0.4, 0.5) is 11.4 Å². The minimum atomic E-state index is -0.246. The van der Waals surface area contributed by atoms with Gasteiger partial charge in [0.25, 0.3) is 5.91 Å². The fourth-order valence-electron chi connectivity index (χ4n) is 3.91. The third-order valence-corrected chi connectivity index (χ3v) is 5.29. The Morgan fingerprint density at radius 2 is 1.81 bits per heavy atom. The number of aryl methyl sites for hydroxylation is 1. The number of nitrogens with zero attached hydrogens (tertiary/aromatic N) is 1. The first-order valence-electron chi connectivity index (χ1n) is 9.04. The molecule has 1 unspecified atom stereocenters. The lowest BCUT2D eigenvalue weighted by molar-refractivity contribution is -0.119. The molecule has 0 aliphatic carbocycles. The van der Waals surface area contributed by atoms with Crippen molar-refractivity contribution < 1.29 is 19.1 Å². The van der Waals surface area contributed by atoms with Gasteiger partial charge in [-0.25, -0.2) is 0 Å². The van der Waals surface area contributed by atoms with Gasteiger partial charge in [0, 0.05) is 23.9 Å². The second kappa shape index (κ2) is 6.61. The highest BCUT2D eigenvalue weighted by molar-refractivity contribution is 6.08. The van der Waals surface area contributed by atoms with Crippen molar-refractivity contribution in [2.24, 2.45) is 0 Å². The summed E-state index contributed by atoms with van der Waals surface area (Å²) in [5, 5.41) is 2.96. The number of anilines is 2. The SMILES string of the molecule is COc1cc(OC)cc(C(=O)Nc2cc3c4c(c2)C(C)C(=O)N4CCC3)c1. The van der Waals surface area contributed by atoms with Crippen molar-refractivity contribution in [3.8, 4) is 11.5 Å². The molecular formula is C21H22N2O4. The largest absolute Gasteiger partial charge is 0.497 e. The van der Waals surface area contributed by atoms with Gasteiger partial charge in [-0.15, -0.1) is 0 Å². The van der Waals surface area contributed by atoms with Gasteiger partial charge >= 0.3 is 0 Å². The Morgan fingerprint density at radius 3 is 2.48 bits per heavy atom. The molecule has 140 valence electrons. The molecule has 0 bridgehead atoms. The van der Waals surface area contributed by atoms with Gasteiger partial charge in [-0.1, -0.05) is 0 Å². The Balaban J connectivity index is 1.66. The van der Waals surface area contributed by atoms with E-state index in [2.05, 4.69) is 5.32 Å². The van der Waals surface area contributed by atoms with E-state index in [1.54, 1.807) is 32.4 Å². The van der Waals surface area contributed by atoms with Crippen LogP contribution < -0.4 is 19.7 Å². The molecule has 2 aliphatic heterocycles. The molecule has 27 heavy (non-hydrogen) atoms. The van der Waals surface area contributed by atoms with Crippen LogP contribution in [0, 0.1) is 0 Å². The lowest BCUT2D eigenvalue weighted by Gasteiger charge is -2.26. The molecule has 4 rings (SSSR count). The number of rotatable bonds is 4. The molecular weight excluding hydrogens is 344 g/mol. The predicted octanol–water partition coefficient (Wildman–Crippen LogP) is 3.35. The van der Waals surface area contributed by atoms with E-state index in [9.17, 15) is 9.59 Å². The third-order valence-electron chi connectivity index (χ3n) is 5.29. The molecule has 2 heterocycles. The van der Waals surface area contributed by atoms with E-state index in [-0.39, 0.29) is 17.7 Å². The van der Waals surface area contributed by atoms with Crippen molar-refractivity contribution in [1.82, 2.24) is 0 Å². The van der Waals surface area contributed by atoms with Gasteiger partial charge < -0.3 is 19.7 Å². The van der Waals surface area contributed by atoms with Gasteiger partial charge in [-0.3, -0.25) is 9.59 Å². The van der Waals surface area contributed by atoms with Gasteiger partial charge in [0.05, 0.1) is 25.8 Å². The first-order chi connectivity index (χ1) is 13.0. The van der Waals surface area contributed by atoms with E-state index in [4.69, 9.17) is 9.47 Å². The maximum Gasteiger partial charge on any atom is 0.255 e. The smallest absolute Gasteiger partial charge is 0.255 e. The van der Waals surface area contributed by atoms with Gasteiger partial charge in [-0.2, -0.15) is 0 Å². The van der Waals surface area contributed by atoms with Crippen molar-refractivity contribution >= 4 is 23.2 Å². The van der Waals surface area contributed by atoms with Crippen molar-refractivity contribution in [2.75, 3.05) is 31.0 Å². The zero-order valence-electron chi connectivity index (χ0n) is 15.7. The Hall–Kier alpha value is -3.02. The van der Waals surface area contributed by atoms with Crippen LogP contribution in [0.5, 0.6) is 11.5 Å². The number of carbonyl (C=O) groups excluding carboxylic acids is 2. The van der Waals surface area contributed by atoms with Crippen molar-refractivity contribution in [2.45, 2.75) is 25.7 Å². The molecule has 0 saturated heterocycles. The summed E-state index contributed by atoms with van der Waals surface area (Å²) in [5.41, 5.74) is 4.32. The van der Waals surface area contributed by atoms with Crippen LogP contribution in [0.3, 0.4) is 0 Å². The van der Waals surface area contributed by atoms with Crippen LogP contribution in [0.1, 0.15) is 40.7 Å². The third kappa shape index (κ3) is 2.91. The second-order valence-electron chi connectivity index (χ2n) is 6.94. The summed E-state index contributed by atoms with van der Waals surface area (Å²) in [5.74, 6) is 0.832. The van der Waals surface area contributed by atoms with Crippen molar-refractivity contribution in [1.29, 1.82) is 0 Å². The summed E-state index contributed by atoms with van der Waals surface area (Å²) in [6.07, 6.45) is 1.85. The molecule has 0 radical (unpaired) electrons. The molecule has 6 nitrogen and oxygen atoms in total. The van der Waals surface area contributed by atoms with Crippen LogP contribution in [-0.4, -0.2) is 32.6 Å². The van der Waals surface area contributed by atoms with Crippen LogP contribution >= 0.6 is 0 Å². The molecule has 0 fully saturated rings. The van der Waals surface area contributed by atoms with Gasteiger partial charge in [0.15, 0.2) is 0 Å². The Morgan fingerprint density at radius 1 is 1.11 bits per heavy atom. The van der Waals surface area contributed by atoms with E-state index < -0.39 is 0 Å². The number of hydrogen-bond donors (Lipinski definition) is 1. The van der Waals surface area contributed by atoms with E-state index in [1.165, 1.54) is 0 Å². The summed E-state index contributed by atoms with van der Waals surface area (Å²) in [6, 6.07) is 8.96.